The zero-order chi connectivity index (χ0) is 30.2. The number of amides is 1. The number of ether oxygens (including phenoxy) is 1. The number of methoxy groups -OCH3 is 1. The van der Waals surface area contributed by atoms with Crippen molar-refractivity contribution in [1.29, 1.82) is 0 Å². The first-order valence-corrected chi connectivity index (χ1v) is 14.1. The van der Waals surface area contributed by atoms with Crippen molar-refractivity contribution in [1.82, 2.24) is 9.78 Å². The van der Waals surface area contributed by atoms with Crippen molar-refractivity contribution >= 4 is 17.7 Å². The van der Waals surface area contributed by atoms with Gasteiger partial charge in [0.15, 0.2) is 0 Å². The van der Waals surface area contributed by atoms with E-state index in [9.17, 15) is 18.0 Å². The van der Waals surface area contributed by atoms with Gasteiger partial charge in [0.05, 0.1) is 24.4 Å². The van der Waals surface area contributed by atoms with Crippen LogP contribution < -0.4 is 10.1 Å². The molecule has 2 aromatic carbocycles. The van der Waals surface area contributed by atoms with E-state index in [2.05, 4.69) is 56.5 Å². The minimum absolute atomic E-state index is 0.152. The van der Waals surface area contributed by atoms with Crippen molar-refractivity contribution in [2.45, 2.75) is 77.9 Å². The molecule has 0 saturated heterocycles. The molecule has 5 nitrogen and oxygen atoms in total. The van der Waals surface area contributed by atoms with E-state index in [1.54, 1.807) is 14.0 Å². The molecule has 0 aliphatic carbocycles. The van der Waals surface area contributed by atoms with Crippen LogP contribution in [-0.2, 0) is 16.5 Å². The Bertz CT molecular complexity index is 1300. The molecule has 1 amide bonds. The number of rotatable bonds is 13. The van der Waals surface area contributed by atoms with E-state index >= 15 is 0 Å². The highest BCUT2D eigenvalue weighted by Crippen LogP contribution is 2.31. The average Bonchev–Trinajstić information content (AvgIpc) is 3.45. The molecule has 222 valence electrons. The van der Waals surface area contributed by atoms with Crippen LogP contribution in [0.1, 0.15) is 82.9 Å². The fourth-order valence-electron chi connectivity index (χ4n) is 4.54. The quantitative estimate of drug-likeness (QED) is 0.224. The van der Waals surface area contributed by atoms with Crippen molar-refractivity contribution in [3.63, 3.8) is 0 Å². The molecular weight excluding hydrogens is 527 g/mol. The summed E-state index contributed by atoms with van der Waals surface area (Å²) in [6.45, 7) is 10.5. The van der Waals surface area contributed by atoms with Crippen LogP contribution in [0.4, 0.5) is 18.9 Å². The molecule has 3 rings (SSSR count). The molecule has 3 unspecified atom stereocenters. The Balaban J connectivity index is 1.48. The highest BCUT2D eigenvalue weighted by Gasteiger charge is 2.30. The summed E-state index contributed by atoms with van der Waals surface area (Å²) in [7, 11) is 1.66. The van der Waals surface area contributed by atoms with Crippen LogP contribution >= 0.6 is 0 Å². The summed E-state index contributed by atoms with van der Waals surface area (Å²) in [5.74, 6) is 0.817. The standard InChI is InChI=1S/C33H42F3N3O2/c1-23(10-13-26-14-16-30(41-6)17-15-26)18-19-32(4,5)39-22-27(21-37-39)24(2)11-12-25(3)31(40)38-29-9-7-8-28(20-29)33(34,35)36/h7-10,13-17,20-25H,11-12,18-19H2,1-6H3,(H,38,40)/b13-10+. The molecule has 1 heterocycles. The minimum Gasteiger partial charge on any atom is -0.497 e. The van der Waals surface area contributed by atoms with Gasteiger partial charge in [-0.15, -0.1) is 0 Å². The maximum Gasteiger partial charge on any atom is 0.416 e. The Hall–Kier alpha value is -3.55. The number of benzene rings is 2. The van der Waals surface area contributed by atoms with Gasteiger partial charge in [0.2, 0.25) is 5.91 Å². The second kappa shape index (κ2) is 13.9. The summed E-state index contributed by atoms with van der Waals surface area (Å²) in [6.07, 6.45) is 7.27. The fourth-order valence-corrected chi connectivity index (χ4v) is 4.54. The summed E-state index contributed by atoms with van der Waals surface area (Å²) < 4.78 is 46.2. The second-order valence-electron chi connectivity index (χ2n) is 11.6. The molecule has 1 aromatic heterocycles. The Kier molecular flexibility index (Phi) is 10.8. The maximum absolute atomic E-state index is 13.0. The minimum atomic E-state index is -4.45. The third-order valence-corrected chi connectivity index (χ3v) is 7.67. The number of carbonyl (C=O) groups is 1. The van der Waals surface area contributed by atoms with Gasteiger partial charge in [-0.2, -0.15) is 18.3 Å². The van der Waals surface area contributed by atoms with Gasteiger partial charge >= 0.3 is 6.18 Å². The Labute approximate surface area is 241 Å². The Morgan fingerprint density at radius 2 is 1.76 bits per heavy atom. The van der Waals surface area contributed by atoms with Crippen molar-refractivity contribution in [3.05, 3.63) is 83.7 Å². The van der Waals surface area contributed by atoms with E-state index < -0.39 is 11.7 Å². The summed E-state index contributed by atoms with van der Waals surface area (Å²) in [5, 5.41) is 7.28. The first-order chi connectivity index (χ1) is 19.3. The van der Waals surface area contributed by atoms with E-state index in [-0.39, 0.29) is 29.0 Å². The third-order valence-electron chi connectivity index (χ3n) is 7.67. The van der Waals surface area contributed by atoms with Crippen molar-refractivity contribution in [3.8, 4) is 5.75 Å². The summed E-state index contributed by atoms with van der Waals surface area (Å²) in [4.78, 5) is 12.6. The molecule has 0 saturated carbocycles. The normalized spacial score (nSPS) is 14.6. The molecule has 1 N–H and O–H groups in total. The van der Waals surface area contributed by atoms with Crippen LogP contribution in [0, 0.1) is 11.8 Å². The van der Waals surface area contributed by atoms with Gasteiger partial charge in [0.25, 0.3) is 0 Å². The third kappa shape index (κ3) is 9.51. The van der Waals surface area contributed by atoms with E-state index in [4.69, 9.17) is 4.74 Å². The fraction of sp³-hybridized carbons (Fsp3) is 0.455. The molecule has 0 aliphatic rings. The number of aromatic nitrogens is 2. The molecule has 0 aliphatic heterocycles. The van der Waals surface area contributed by atoms with Crippen LogP contribution in [0.5, 0.6) is 5.75 Å². The number of anilines is 1. The van der Waals surface area contributed by atoms with Gasteiger partial charge in [0.1, 0.15) is 5.75 Å². The predicted octanol–water partition coefficient (Wildman–Crippen LogP) is 8.93. The van der Waals surface area contributed by atoms with Gasteiger partial charge < -0.3 is 10.1 Å². The molecule has 0 fully saturated rings. The van der Waals surface area contributed by atoms with Crippen LogP contribution in [0.2, 0.25) is 0 Å². The highest BCUT2D eigenvalue weighted by molar-refractivity contribution is 5.92. The van der Waals surface area contributed by atoms with Crippen molar-refractivity contribution in [2.24, 2.45) is 11.8 Å². The molecule has 0 bridgehead atoms. The molecule has 3 aromatic rings. The van der Waals surface area contributed by atoms with Crippen molar-refractivity contribution < 1.29 is 22.7 Å². The number of halogens is 3. The first-order valence-electron chi connectivity index (χ1n) is 14.1. The second-order valence-corrected chi connectivity index (χ2v) is 11.6. The van der Waals surface area contributed by atoms with E-state index in [1.807, 2.05) is 35.1 Å². The molecule has 8 heteroatoms. The smallest absolute Gasteiger partial charge is 0.416 e. The number of carbonyl (C=O) groups excluding carboxylic acids is 1. The number of allylic oxidation sites excluding steroid dienone is 1. The van der Waals surface area contributed by atoms with E-state index in [1.165, 1.54) is 12.1 Å². The van der Waals surface area contributed by atoms with Gasteiger partial charge in [-0.25, -0.2) is 0 Å². The van der Waals surface area contributed by atoms with Crippen LogP contribution in [0.25, 0.3) is 6.08 Å². The summed E-state index contributed by atoms with van der Waals surface area (Å²) in [5.41, 5.74) is 1.47. The predicted molar refractivity (Wildman–Crippen MR) is 159 cm³/mol. The monoisotopic (exact) mass is 569 g/mol. The summed E-state index contributed by atoms with van der Waals surface area (Å²) >= 11 is 0. The lowest BCUT2D eigenvalue weighted by Gasteiger charge is -2.26. The lowest BCUT2D eigenvalue weighted by molar-refractivity contribution is -0.137. The Morgan fingerprint density at radius 1 is 1.05 bits per heavy atom. The largest absolute Gasteiger partial charge is 0.497 e. The van der Waals surface area contributed by atoms with Gasteiger partial charge in [0, 0.05) is 17.8 Å². The Morgan fingerprint density at radius 3 is 2.41 bits per heavy atom. The lowest BCUT2D eigenvalue weighted by atomic mass is 9.92. The van der Waals surface area contributed by atoms with Crippen LogP contribution in [-0.4, -0.2) is 22.8 Å². The van der Waals surface area contributed by atoms with Crippen LogP contribution in [0.15, 0.2) is 67.0 Å². The number of nitrogens with one attached hydrogen (secondary N) is 1. The van der Waals surface area contributed by atoms with Gasteiger partial charge in [-0.05, 0) is 92.8 Å². The first kappa shape index (κ1) is 32.0. The maximum atomic E-state index is 13.0. The van der Waals surface area contributed by atoms with Crippen LogP contribution in [0.3, 0.4) is 0 Å². The molecule has 41 heavy (non-hydrogen) atoms. The van der Waals surface area contributed by atoms with Gasteiger partial charge in [-0.1, -0.05) is 51.1 Å². The average molecular weight is 570 g/mol. The number of alkyl halides is 3. The highest BCUT2D eigenvalue weighted by atomic mass is 19.4. The number of hydrogen-bond acceptors (Lipinski definition) is 3. The summed E-state index contributed by atoms with van der Waals surface area (Å²) in [6, 6.07) is 12.7. The van der Waals surface area contributed by atoms with E-state index in [0.717, 1.165) is 48.3 Å². The van der Waals surface area contributed by atoms with Crippen molar-refractivity contribution in [2.75, 3.05) is 12.4 Å². The SMILES string of the molecule is COc1ccc(/C=C/C(C)CCC(C)(C)n2cc(C(C)CCC(C)C(=O)Nc3cccc(C(F)(F)F)c3)cn2)cc1. The topological polar surface area (TPSA) is 56.1 Å². The molecule has 0 spiro atoms. The number of hydrogen-bond donors (Lipinski definition) is 1. The van der Waals surface area contributed by atoms with Gasteiger partial charge in [-0.3, -0.25) is 9.48 Å². The molecule has 3 atom stereocenters. The number of nitrogens with zero attached hydrogens (tertiary/aromatic N) is 2. The lowest BCUT2D eigenvalue weighted by Crippen LogP contribution is -2.27. The molecule has 0 radical (unpaired) electrons. The molecular formula is C33H42F3N3O2. The zero-order valence-electron chi connectivity index (χ0n) is 24.8. The zero-order valence-corrected chi connectivity index (χ0v) is 24.8. The van der Waals surface area contributed by atoms with E-state index in [0.29, 0.717) is 12.3 Å².